The highest BCUT2D eigenvalue weighted by molar-refractivity contribution is 9.09. The van der Waals surface area contributed by atoms with Gasteiger partial charge in [0.1, 0.15) is 0 Å². The van der Waals surface area contributed by atoms with Crippen molar-refractivity contribution in [1.82, 2.24) is 4.31 Å². The molecule has 1 unspecified atom stereocenters. The average molecular weight is 302 g/mol. The molecule has 0 aromatic heterocycles. The molecule has 0 aliphatic carbocycles. The predicted octanol–water partition coefficient (Wildman–Crippen LogP) is 1.46. The van der Waals surface area contributed by atoms with Gasteiger partial charge in [-0.1, -0.05) is 15.9 Å². The van der Waals surface area contributed by atoms with Crippen LogP contribution in [-0.2, 0) is 14.8 Å². The molecule has 4 nitrogen and oxygen atoms in total. The molecule has 1 atom stereocenters. The molecule has 0 N–H and O–H groups in total. The summed E-state index contributed by atoms with van der Waals surface area (Å²) in [6.07, 6.45) is 0. The molecule has 0 fully saturated rings. The second-order valence-corrected chi connectivity index (χ2v) is 8.54. The number of alkyl halides is 1. The van der Waals surface area contributed by atoms with E-state index in [2.05, 4.69) is 15.9 Å². The zero-order valence-electron chi connectivity index (χ0n) is 9.95. The van der Waals surface area contributed by atoms with Crippen molar-refractivity contribution in [3.05, 3.63) is 0 Å². The number of hydrogen-bond acceptors (Lipinski definition) is 3. The molecule has 0 spiro atoms. The zero-order valence-corrected chi connectivity index (χ0v) is 12.4. The Bertz CT molecular complexity index is 284. The lowest BCUT2D eigenvalue weighted by Gasteiger charge is -2.28. The highest BCUT2D eigenvalue weighted by Crippen LogP contribution is 2.19. The Morgan fingerprint density at radius 1 is 1.40 bits per heavy atom. The minimum Gasteiger partial charge on any atom is -0.383 e. The monoisotopic (exact) mass is 301 g/mol. The standard InChI is InChI=1S/C9H20BrNO3S/c1-9(2,3)15(12,13)11(4)6-8(10)7-14-5/h8H,6-7H2,1-5H3. The van der Waals surface area contributed by atoms with Gasteiger partial charge in [-0.15, -0.1) is 0 Å². The summed E-state index contributed by atoms with van der Waals surface area (Å²) < 4.78 is 29.5. The molecule has 0 aliphatic heterocycles. The minimum atomic E-state index is -3.24. The molecule has 0 saturated carbocycles. The number of halogens is 1. The topological polar surface area (TPSA) is 46.6 Å². The number of rotatable bonds is 5. The van der Waals surface area contributed by atoms with Crippen molar-refractivity contribution in [1.29, 1.82) is 0 Å². The summed E-state index contributed by atoms with van der Waals surface area (Å²) in [4.78, 5) is 0.0182. The molecule has 0 heterocycles. The predicted molar refractivity (Wildman–Crippen MR) is 65.9 cm³/mol. The van der Waals surface area contributed by atoms with E-state index in [1.807, 2.05) is 0 Å². The van der Waals surface area contributed by atoms with Gasteiger partial charge in [-0.25, -0.2) is 12.7 Å². The molecular weight excluding hydrogens is 282 g/mol. The van der Waals surface area contributed by atoms with Crippen molar-refractivity contribution in [2.75, 3.05) is 27.3 Å². The molecule has 0 aromatic rings. The van der Waals surface area contributed by atoms with Gasteiger partial charge in [0.25, 0.3) is 0 Å². The Labute approximate surface area is 101 Å². The smallest absolute Gasteiger partial charge is 0.218 e. The molecule has 0 saturated heterocycles. The number of nitrogens with zero attached hydrogens (tertiary/aromatic N) is 1. The second-order valence-electron chi connectivity index (χ2n) is 4.45. The Morgan fingerprint density at radius 3 is 2.20 bits per heavy atom. The van der Waals surface area contributed by atoms with Crippen LogP contribution in [0.4, 0.5) is 0 Å². The Morgan fingerprint density at radius 2 is 1.87 bits per heavy atom. The molecule has 0 rings (SSSR count). The maximum absolute atomic E-state index is 12.0. The van der Waals surface area contributed by atoms with E-state index in [1.54, 1.807) is 34.9 Å². The maximum atomic E-state index is 12.0. The fourth-order valence-corrected chi connectivity index (χ4v) is 3.28. The first-order valence-electron chi connectivity index (χ1n) is 4.72. The summed E-state index contributed by atoms with van der Waals surface area (Å²) in [6, 6.07) is 0. The second kappa shape index (κ2) is 5.61. The molecule has 0 aliphatic rings. The largest absolute Gasteiger partial charge is 0.383 e. The van der Waals surface area contributed by atoms with Crippen LogP contribution in [0.2, 0.25) is 0 Å². The van der Waals surface area contributed by atoms with Crippen LogP contribution in [0.1, 0.15) is 20.8 Å². The summed E-state index contributed by atoms with van der Waals surface area (Å²) >= 11 is 3.37. The van der Waals surface area contributed by atoms with Crippen LogP contribution in [-0.4, -0.2) is 49.6 Å². The van der Waals surface area contributed by atoms with Crippen LogP contribution in [0, 0.1) is 0 Å². The lowest BCUT2D eigenvalue weighted by Crippen LogP contribution is -2.43. The number of ether oxygens (including phenoxy) is 1. The van der Waals surface area contributed by atoms with Crippen molar-refractivity contribution < 1.29 is 13.2 Å². The Hall–Kier alpha value is 0.350. The first-order chi connectivity index (χ1) is 6.63. The van der Waals surface area contributed by atoms with Gasteiger partial charge in [0.15, 0.2) is 0 Å². The van der Waals surface area contributed by atoms with Gasteiger partial charge in [0, 0.05) is 20.7 Å². The van der Waals surface area contributed by atoms with Crippen molar-refractivity contribution in [2.45, 2.75) is 30.3 Å². The van der Waals surface area contributed by atoms with E-state index in [0.717, 1.165) is 0 Å². The molecular formula is C9H20BrNO3S. The van der Waals surface area contributed by atoms with Gasteiger partial charge in [-0.2, -0.15) is 0 Å². The van der Waals surface area contributed by atoms with Crippen LogP contribution < -0.4 is 0 Å². The van der Waals surface area contributed by atoms with E-state index in [1.165, 1.54) is 4.31 Å². The number of methoxy groups -OCH3 is 1. The quantitative estimate of drug-likeness (QED) is 0.722. The van der Waals surface area contributed by atoms with Crippen molar-refractivity contribution in [2.24, 2.45) is 0 Å². The lowest BCUT2D eigenvalue weighted by atomic mass is 10.3. The van der Waals surface area contributed by atoms with Crippen molar-refractivity contribution >= 4 is 26.0 Å². The third kappa shape index (κ3) is 4.38. The molecule has 0 aromatic carbocycles. The van der Waals surface area contributed by atoms with E-state index >= 15 is 0 Å². The molecule has 0 radical (unpaired) electrons. The third-order valence-corrected chi connectivity index (χ3v) is 5.06. The van der Waals surface area contributed by atoms with Gasteiger partial charge < -0.3 is 4.74 Å². The van der Waals surface area contributed by atoms with Crippen LogP contribution in [0.3, 0.4) is 0 Å². The highest BCUT2D eigenvalue weighted by atomic mass is 79.9. The van der Waals surface area contributed by atoms with E-state index in [4.69, 9.17) is 4.74 Å². The molecule has 0 amide bonds. The van der Waals surface area contributed by atoms with Gasteiger partial charge in [0.05, 0.1) is 16.2 Å². The van der Waals surface area contributed by atoms with Crippen LogP contribution in [0.15, 0.2) is 0 Å². The summed E-state index contributed by atoms with van der Waals surface area (Å²) in [5.74, 6) is 0. The van der Waals surface area contributed by atoms with Gasteiger partial charge >= 0.3 is 0 Å². The van der Waals surface area contributed by atoms with Gasteiger partial charge in [0.2, 0.25) is 10.0 Å². The summed E-state index contributed by atoms with van der Waals surface area (Å²) in [5.41, 5.74) is 0. The van der Waals surface area contributed by atoms with Gasteiger partial charge in [-0.3, -0.25) is 0 Å². The van der Waals surface area contributed by atoms with E-state index in [0.29, 0.717) is 13.2 Å². The molecule has 92 valence electrons. The van der Waals surface area contributed by atoms with Gasteiger partial charge in [-0.05, 0) is 20.8 Å². The van der Waals surface area contributed by atoms with E-state index in [-0.39, 0.29) is 4.83 Å². The fraction of sp³-hybridized carbons (Fsp3) is 1.00. The maximum Gasteiger partial charge on any atom is 0.218 e. The number of sulfonamides is 1. The first kappa shape index (κ1) is 15.3. The lowest BCUT2D eigenvalue weighted by molar-refractivity contribution is 0.195. The minimum absolute atomic E-state index is 0.0182. The normalized spacial score (nSPS) is 15.7. The summed E-state index contributed by atoms with van der Waals surface area (Å²) in [7, 11) is -0.0644. The Balaban J connectivity index is 4.53. The fourth-order valence-electron chi connectivity index (χ4n) is 1.08. The van der Waals surface area contributed by atoms with Crippen LogP contribution in [0.25, 0.3) is 0 Å². The highest BCUT2D eigenvalue weighted by Gasteiger charge is 2.33. The SMILES string of the molecule is COCC(Br)CN(C)S(=O)(=O)C(C)(C)C. The Kier molecular flexibility index (Phi) is 5.74. The van der Waals surface area contributed by atoms with E-state index < -0.39 is 14.8 Å². The zero-order chi connectivity index (χ0) is 12.3. The molecule has 15 heavy (non-hydrogen) atoms. The first-order valence-corrected chi connectivity index (χ1v) is 7.07. The van der Waals surface area contributed by atoms with Crippen LogP contribution in [0.5, 0.6) is 0 Å². The molecule has 0 bridgehead atoms. The third-order valence-electron chi connectivity index (χ3n) is 1.99. The van der Waals surface area contributed by atoms with E-state index in [9.17, 15) is 8.42 Å². The summed E-state index contributed by atoms with van der Waals surface area (Å²) in [5, 5.41) is 0. The average Bonchev–Trinajstić information content (AvgIpc) is 2.02. The molecule has 6 heteroatoms. The van der Waals surface area contributed by atoms with Crippen molar-refractivity contribution in [3.8, 4) is 0 Å². The number of hydrogen-bond donors (Lipinski definition) is 0. The van der Waals surface area contributed by atoms with Crippen molar-refractivity contribution in [3.63, 3.8) is 0 Å². The summed E-state index contributed by atoms with van der Waals surface area (Å²) in [6.45, 7) is 5.98. The van der Waals surface area contributed by atoms with Crippen LogP contribution >= 0.6 is 15.9 Å².